The number of hydrogen-bond acceptors (Lipinski definition) is 5. The van der Waals surface area contributed by atoms with Gasteiger partial charge in [0.15, 0.2) is 23.2 Å². The summed E-state index contributed by atoms with van der Waals surface area (Å²) in [5.41, 5.74) is 0.709. The second-order valence-corrected chi connectivity index (χ2v) is 5.50. The smallest absolute Gasteiger partial charge is 0.375 e. The zero-order valence-corrected chi connectivity index (χ0v) is 13.8. The van der Waals surface area contributed by atoms with E-state index < -0.39 is 24.3 Å². The molecule has 3 rings (SSSR count). The highest BCUT2D eigenvalue weighted by Crippen LogP contribution is 2.27. The third-order valence-corrected chi connectivity index (χ3v) is 3.77. The van der Waals surface area contributed by atoms with E-state index in [2.05, 4.69) is 10.3 Å². The van der Waals surface area contributed by atoms with Gasteiger partial charge in [0.25, 0.3) is 5.91 Å². The molecule has 0 radical (unpaired) electrons. The van der Waals surface area contributed by atoms with Gasteiger partial charge in [0.05, 0.1) is 5.69 Å². The first kappa shape index (κ1) is 16.9. The summed E-state index contributed by atoms with van der Waals surface area (Å²) >= 11 is 5.82. The molecule has 1 amide bonds. The van der Waals surface area contributed by atoms with Crippen LogP contribution in [-0.2, 0) is 9.53 Å². The first-order valence-corrected chi connectivity index (χ1v) is 7.60. The number of nitrogens with one attached hydrogen (secondary N) is 1. The van der Waals surface area contributed by atoms with Gasteiger partial charge in [-0.05, 0) is 25.1 Å². The Morgan fingerprint density at radius 2 is 2.12 bits per heavy atom. The minimum absolute atomic E-state index is 0.0291. The number of rotatable bonds is 4. The number of anilines is 1. The molecule has 2 aromatic heterocycles. The van der Waals surface area contributed by atoms with Gasteiger partial charge in [-0.1, -0.05) is 23.7 Å². The number of halogens is 2. The lowest BCUT2D eigenvalue weighted by atomic mass is 10.1. The van der Waals surface area contributed by atoms with Gasteiger partial charge >= 0.3 is 5.97 Å². The number of pyridine rings is 1. The molecule has 0 atom stereocenters. The van der Waals surface area contributed by atoms with Crippen molar-refractivity contribution >= 4 is 40.1 Å². The van der Waals surface area contributed by atoms with Crippen molar-refractivity contribution in [3.05, 3.63) is 58.8 Å². The number of ether oxygens (including phenoxy) is 1. The van der Waals surface area contributed by atoms with Crippen molar-refractivity contribution in [2.24, 2.45) is 0 Å². The molecule has 0 saturated carbocycles. The van der Waals surface area contributed by atoms with Crippen LogP contribution >= 0.6 is 11.6 Å². The summed E-state index contributed by atoms with van der Waals surface area (Å²) in [6.07, 6.45) is 1.47. The Bertz CT molecular complexity index is 970. The number of esters is 1. The highest BCUT2D eigenvalue weighted by molar-refractivity contribution is 6.32. The largest absolute Gasteiger partial charge is 0.450 e. The van der Waals surface area contributed by atoms with Gasteiger partial charge in [-0.2, -0.15) is 0 Å². The number of amides is 1. The van der Waals surface area contributed by atoms with Crippen molar-refractivity contribution in [3.63, 3.8) is 0 Å². The van der Waals surface area contributed by atoms with Crippen molar-refractivity contribution in [3.8, 4) is 0 Å². The van der Waals surface area contributed by atoms with Crippen LogP contribution in [0.4, 0.5) is 10.1 Å². The molecular formula is C17H12ClFN2O4. The Balaban J connectivity index is 1.69. The lowest BCUT2D eigenvalue weighted by Crippen LogP contribution is -2.21. The van der Waals surface area contributed by atoms with Gasteiger partial charge < -0.3 is 14.5 Å². The molecule has 128 valence electrons. The van der Waals surface area contributed by atoms with Crippen LogP contribution in [0.1, 0.15) is 16.1 Å². The minimum atomic E-state index is -0.861. The van der Waals surface area contributed by atoms with E-state index in [0.29, 0.717) is 16.6 Å². The summed E-state index contributed by atoms with van der Waals surface area (Å²) in [5.74, 6) is -2.18. The van der Waals surface area contributed by atoms with Gasteiger partial charge in [-0.25, -0.2) is 14.2 Å². The summed E-state index contributed by atoms with van der Waals surface area (Å²) in [6, 6.07) is 7.53. The molecule has 2 heterocycles. The Morgan fingerprint density at radius 1 is 1.32 bits per heavy atom. The topological polar surface area (TPSA) is 81.4 Å². The maximum absolute atomic E-state index is 13.7. The van der Waals surface area contributed by atoms with E-state index in [-0.39, 0.29) is 16.5 Å². The van der Waals surface area contributed by atoms with E-state index in [9.17, 15) is 14.0 Å². The SMILES string of the molecule is Cc1c(C(=O)OCC(=O)Nc2cccnc2Cl)oc2c(F)cccc12. The average Bonchev–Trinajstić information content (AvgIpc) is 2.93. The highest BCUT2D eigenvalue weighted by atomic mass is 35.5. The first-order valence-electron chi connectivity index (χ1n) is 7.22. The summed E-state index contributed by atoms with van der Waals surface area (Å²) < 4.78 is 23.9. The van der Waals surface area contributed by atoms with Crippen molar-refractivity contribution in [1.29, 1.82) is 0 Å². The summed E-state index contributed by atoms with van der Waals surface area (Å²) in [6.45, 7) is 1.06. The molecule has 0 fully saturated rings. The van der Waals surface area contributed by atoms with Crippen LogP contribution in [-0.4, -0.2) is 23.5 Å². The number of aryl methyl sites for hydroxylation is 1. The van der Waals surface area contributed by atoms with Gasteiger partial charge in [0.1, 0.15) is 0 Å². The van der Waals surface area contributed by atoms with E-state index in [0.717, 1.165) is 0 Å². The van der Waals surface area contributed by atoms with Crippen LogP contribution in [0.3, 0.4) is 0 Å². The number of fused-ring (bicyclic) bond motifs is 1. The fourth-order valence-corrected chi connectivity index (χ4v) is 2.43. The van der Waals surface area contributed by atoms with Crippen LogP contribution in [0.5, 0.6) is 0 Å². The monoisotopic (exact) mass is 362 g/mol. The standard InChI is InChI=1S/C17H12ClFN2O4/c1-9-10-4-2-5-11(19)15(10)25-14(9)17(23)24-8-13(22)21-12-6-3-7-20-16(12)18/h2-7H,8H2,1H3,(H,21,22). The van der Waals surface area contributed by atoms with E-state index in [4.69, 9.17) is 20.8 Å². The van der Waals surface area contributed by atoms with Gasteiger partial charge in [0, 0.05) is 17.1 Å². The number of furan rings is 1. The van der Waals surface area contributed by atoms with Crippen LogP contribution in [0.2, 0.25) is 5.15 Å². The van der Waals surface area contributed by atoms with Gasteiger partial charge in [-0.15, -0.1) is 0 Å². The predicted molar refractivity (Wildman–Crippen MR) is 89.1 cm³/mol. The average molecular weight is 363 g/mol. The second-order valence-electron chi connectivity index (χ2n) is 5.14. The molecule has 6 nitrogen and oxygen atoms in total. The summed E-state index contributed by atoms with van der Waals surface area (Å²) in [7, 11) is 0. The number of carbonyl (C=O) groups is 2. The number of benzene rings is 1. The van der Waals surface area contributed by atoms with E-state index in [1.165, 1.54) is 18.3 Å². The second kappa shape index (κ2) is 6.90. The quantitative estimate of drug-likeness (QED) is 0.565. The molecule has 0 aliphatic heterocycles. The Hall–Kier alpha value is -2.93. The molecule has 0 aliphatic rings. The fraction of sp³-hybridized carbons (Fsp3) is 0.118. The third kappa shape index (κ3) is 3.46. The molecule has 8 heteroatoms. The zero-order chi connectivity index (χ0) is 18.0. The molecule has 0 saturated heterocycles. The maximum Gasteiger partial charge on any atom is 0.375 e. The molecule has 1 N–H and O–H groups in total. The highest BCUT2D eigenvalue weighted by Gasteiger charge is 2.21. The molecule has 0 aliphatic carbocycles. The Labute approximate surface area is 146 Å². The van der Waals surface area contributed by atoms with Gasteiger partial charge in [0.2, 0.25) is 5.76 Å². The Kier molecular flexibility index (Phi) is 4.67. The lowest BCUT2D eigenvalue weighted by molar-refractivity contribution is -0.119. The molecule has 0 spiro atoms. The molecule has 1 aromatic carbocycles. The number of carbonyl (C=O) groups excluding carboxylic acids is 2. The normalized spacial score (nSPS) is 10.7. The molecule has 25 heavy (non-hydrogen) atoms. The number of para-hydroxylation sites is 1. The van der Waals surface area contributed by atoms with E-state index in [1.54, 1.807) is 25.1 Å². The zero-order valence-electron chi connectivity index (χ0n) is 13.0. The molecule has 0 bridgehead atoms. The molecule has 3 aromatic rings. The molecule has 0 unspecified atom stereocenters. The number of nitrogens with zero attached hydrogens (tertiary/aromatic N) is 1. The van der Waals surface area contributed by atoms with Gasteiger partial charge in [-0.3, -0.25) is 4.79 Å². The van der Waals surface area contributed by atoms with Crippen molar-refractivity contribution in [2.75, 3.05) is 11.9 Å². The third-order valence-electron chi connectivity index (χ3n) is 3.47. The Morgan fingerprint density at radius 3 is 2.84 bits per heavy atom. The van der Waals surface area contributed by atoms with Crippen LogP contribution in [0.25, 0.3) is 11.0 Å². The van der Waals surface area contributed by atoms with Crippen molar-refractivity contribution in [1.82, 2.24) is 4.98 Å². The fourth-order valence-electron chi connectivity index (χ4n) is 2.27. The molecular weight excluding hydrogens is 351 g/mol. The minimum Gasteiger partial charge on any atom is -0.450 e. The van der Waals surface area contributed by atoms with E-state index in [1.807, 2.05) is 0 Å². The predicted octanol–water partition coefficient (Wildman–Crippen LogP) is 3.72. The van der Waals surface area contributed by atoms with Crippen LogP contribution in [0.15, 0.2) is 40.9 Å². The van der Waals surface area contributed by atoms with Crippen LogP contribution < -0.4 is 5.32 Å². The van der Waals surface area contributed by atoms with Crippen LogP contribution in [0, 0.1) is 12.7 Å². The lowest BCUT2D eigenvalue weighted by Gasteiger charge is -2.06. The van der Waals surface area contributed by atoms with Crippen molar-refractivity contribution < 1.29 is 23.1 Å². The summed E-state index contributed by atoms with van der Waals surface area (Å²) in [4.78, 5) is 27.8. The number of hydrogen-bond donors (Lipinski definition) is 1. The maximum atomic E-state index is 13.7. The summed E-state index contributed by atoms with van der Waals surface area (Å²) in [5, 5.41) is 3.05. The van der Waals surface area contributed by atoms with E-state index >= 15 is 0 Å². The number of aromatic nitrogens is 1. The van der Waals surface area contributed by atoms with Crippen molar-refractivity contribution in [2.45, 2.75) is 6.92 Å². The first-order chi connectivity index (χ1) is 12.0.